The van der Waals surface area contributed by atoms with Gasteiger partial charge < -0.3 is 9.47 Å². The SMILES string of the molecule is CC(COC(=O)CCCCCCCCCC(F)(F)C(F)(F)C(F)(F)C(F)(F)C(F)(F)C(F)(F)C(F)(F)C(F)(F)F)(COC(=O)CCCCCCCCCC(F)(F)C(F)(F)C(F)(F)C(F)(F)C(F)(F)C(F)(F)C(F)(F)C(F)(F)F)C(=O)Cl. The summed E-state index contributed by atoms with van der Waals surface area (Å²) in [6, 6.07) is 0. The van der Waals surface area contributed by atoms with Crippen LogP contribution < -0.4 is 0 Å². The second kappa shape index (κ2) is 26.0. The third kappa shape index (κ3) is 15.3. The van der Waals surface area contributed by atoms with Crippen molar-refractivity contribution in [2.45, 2.75) is 218 Å². The average Bonchev–Trinajstić information content (AvgIpc) is 3.29. The fourth-order valence-electron chi connectivity index (χ4n) is 6.49. The summed E-state index contributed by atoms with van der Waals surface area (Å²) >= 11 is 5.51. The first-order valence-electron chi connectivity index (χ1n) is 22.6. The van der Waals surface area contributed by atoms with E-state index in [4.69, 9.17) is 21.1 Å². The van der Waals surface area contributed by atoms with Crippen molar-refractivity contribution in [3.05, 3.63) is 0 Å². The lowest BCUT2D eigenvalue weighted by Crippen LogP contribution is -2.74. The molecule has 0 radical (unpaired) electrons. The predicted octanol–water partition coefficient (Wildman–Crippen LogP) is 17.9. The molecule has 0 spiro atoms. The number of rotatable bonds is 37. The molecule has 0 N–H and O–H groups in total. The zero-order chi connectivity index (χ0) is 64.8. The number of carbonyl (C=O) groups excluding carboxylic acids is 3. The molecule has 0 aromatic carbocycles. The lowest BCUT2D eigenvalue weighted by Gasteiger charge is -2.42. The van der Waals surface area contributed by atoms with E-state index < -0.39 is 182 Å². The van der Waals surface area contributed by atoms with Crippen molar-refractivity contribution < 1.29 is 173 Å². The summed E-state index contributed by atoms with van der Waals surface area (Å²) in [4.78, 5) is 36.4. The summed E-state index contributed by atoms with van der Waals surface area (Å²) < 4.78 is 466. The van der Waals surface area contributed by atoms with Gasteiger partial charge in [0.15, 0.2) is 0 Å². The Balaban J connectivity index is 4.90. The predicted molar refractivity (Wildman–Crippen MR) is 205 cm³/mol. The lowest BCUT2D eigenvalue weighted by molar-refractivity contribution is -0.461. The summed E-state index contributed by atoms with van der Waals surface area (Å²) in [7, 11) is 0. The number of alkyl halides is 34. The molecule has 0 saturated carbocycles. The van der Waals surface area contributed by atoms with Gasteiger partial charge in [-0.05, 0) is 44.2 Å². The topological polar surface area (TPSA) is 69.7 Å². The summed E-state index contributed by atoms with van der Waals surface area (Å²) in [5, 5.41) is -1.22. The van der Waals surface area contributed by atoms with E-state index in [1.54, 1.807) is 0 Å². The zero-order valence-corrected chi connectivity index (χ0v) is 41.2. The summed E-state index contributed by atoms with van der Waals surface area (Å²) in [6.07, 6.45) is -26.1. The molecule has 0 aliphatic heterocycles. The Hall–Kier alpha value is -3.48. The summed E-state index contributed by atoms with van der Waals surface area (Å²) in [5.74, 6) is -116. The van der Waals surface area contributed by atoms with Crippen LogP contribution in [0.25, 0.3) is 0 Å². The van der Waals surface area contributed by atoms with Crippen LogP contribution in [0, 0.1) is 5.41 Å². The molecule has 0 saturated heterocycles. The highest BCUT2D eigenvalue weighted by atomic mass is 35.5. The number of hydrogen-bond donors (Lipinski definition) is 0. The van der Waals surface area contributed by atoms with Crippen molar-refractivity contribution in [2.75, 3.05) is 13.2 Å². The zero-order valence-electron chi connectivity index (χ0n) is 40.4. The van der Waals surface area contributed by atoms with Crippen LogP contribution in [-0.4, -0.2) is 126 Å². The molecule has 0 aromatic rings. The molecule has 0 heterocycles. The standard InChI is InChI=1S/C41H43ClF34O5/c1-25(24(42)79,20-80-22(77)16-12-8-4-2-6-10-14-18-26(43,44)28(47,48)30(51,52)32(55,56)34(59,60)36(63,64)38(67,68)40(71,72)73)21-81-23(78)17-13-9-5-3-7-11-15-19-27(45,46)29(49,50)31(53,54)33(57,58)35(61,62)37(65,66)39(69,70)41(74,75)76/h2-21H2,1H3. The number of ether oxygens (including phenoxy) is 2. The number of esters is 2. The average molecular weight is 1300 g/mol. The Morgan fingerprint density at radius 1 is 0.284 bits per heavy atom. The van der Waals surface area contributed by atoms with E-state index in [0.717, 1.165) is 6.92 Å². The number of hydrogen-bond acceptors (Lipinski definition) is 5. The van der Waals surface area contributed by atoms with Gasteiger partial charge >= 0.3 is 107 Å². The highest BCUT2D eigenvalue weighted by molar-refractivity contribution is 6.64. The van der Waals surface area contributed by atoms with Gasteiger partial charge in [0.25, 0.3) is 0 Å². The van der Waals surface area contributed by atoms with Crippen molar-refractivity contribution in [1.29, 1.82) is 0 Å². The maximum atomic E-state index is 14.1. The monoisotopic (exact) mass is 1300 g/mol. The van der Waals surface area contributed by atoms with E-state index in [1.807, 2.05) is 0 Å². The highest BCUT2D eigenvalue weighted by Gasteiger charge is 2.97. The van der Waals surface area contributed by atoms with Gasteiger partial charge in [0.05, 0.1) is 0 Å². The Labute approximate surface area is 438 Å². The highest BCUT2D eigenvalue weighted by Crippen LogP contribution is 2.66. The molecular weight excluding hydrogens is 1250 g/mol. The van der Waals surface area contributed by atoms with E-state index in [2.05, 4.69) is 0 Å². The third-order valence-electron chi connectivity index (χ3n) is 11.9. The van der Waals surface area contributed by atoms with E-state index in [0.29, 0.717) is 0 Å². The quantitative estimate of drug-likeness (QED) is 0.0268. The van der Waals surface area contributed by atoms with Gasteiger partial charge in [0, 0.05) is 25.7 Å². The minimum absolute atomic E-state index is 0.0403. The van der Waals surface area contributed by atoms with Gasteiger partial charge in [0.1, 0.15) is 18.6 Å². The van der Waals surface area contributed by atoms with Crippen LogP contribution >= 0.6 is 11.6 Å². The number of unbranched alkanes of at least 4 members (excludes halogenated alkanes) is 12. The molecule has 0 fully saturated rings. The molecule has 482 valence electrons. The second-order valence-corrected chi connectivity index (χ2v) is 18.7. The second-order valence-electron chi connectivity index (χ2n) is 18.4. The summed E-state index contributed by atoms with van der Waals surface area (Å²) in [6.45, 7) is -0.591. The molecule has 0 aliphatic carbocycles. The van der Waals surface area contributed by atoms with Gasteiger partial charge in [-0.2, -0.15) is 149 Å². The fraction of sp³-hybridized carbons (Fsp3) is 0.927. The maximum Gasteiger partial charge on any atom is 0.460 e. The maximum absolute atomic E-state index is 14.1. The van der Waals surface area contributed by atoms with Crippen molar-refractivity contribution >= 4 is 28.8 Å². The molecular formula is C41H43ClF34O5. The lowest BCUT2D eigenvalue weighted by atomic mass is 9.87. The van der Waals surface area contributed by atoms with Gasteiger partial charge in [-0.3, -0.25) is 14.4 Å². The molecule has 0 bridgehead atoms. The summed E-state index contributed by atoms with van der Waals surface area (Å²) in [5.41, 5.74) is -1.90. The van der Waals surface area contributed by atoms with E-state index in [9.17, 15) is 164 Å². The van der Waals surface area contributed by atoms with Gasteiger partial charge in [0.2, 0.25) is 5.24 Å². The molecule has 0 aromatic heterocycles. The first kappa shape index (κ1) is 77.5. The van der Waals surface area contributed by atoms with Crippen molar-refractivity contribution in [3.63, 3.8) is 0 Å². The van der Waals surface area contributed by atoms with Crippen molar-refractivity contribution in [3.8, 4) is 0 Å². The first-order valence-corrected chi connectivity index (χ1v) is 23.0. The van der Waals surface area contributed by atoms with Crippen LogP contribution in [0.1, 0.15) is 122 Å². The fourth-order valence-corrected chi connectivity index (χ4v) is 6.60. The van der Waals surface area contributed by atoms with E-state index >= 15 is 0 Å². The Morgan fingerprint density at radius 2 is 0.469 bits per heavy atom. The van der Waals surface area contributed by atoms with E-state index in [-0.39, 0.29) is 64.2 Å². The Morgan fingerprint density at radius 3 is 0.679 bits per heavy atom. The molecule has 0 rings (SSSR count). The van der Waals surface area contributed by atoms with Crippen LogP contribution in [0.15, 0.2) is 0 Å². The minimum Gasteiger partial charge on any atom is -0.464 e. The van der Waals surface area contributed by atoms with Crippen LogP contribution in [0.2, 0.25) is 0 Å². The van der Waals surface area contributed by atoms with Gasteiger partial charge in [-0.25, -0.2) is 0 Å². The smallest absolute Gasteiger partial charge is 0.460 e. The molecule has 40 heteroatoms. The molecule has 0 amide bonds. The van der Waals surface area contributed by atoms with Crippen LogP contribution in [0.4, 0.5) is 149 Å². The minimum atomic E-state index is -8.74. The van der Waals surface area contributed by atoms with Crippen LogP contribution in [0.5, 0.6) is 0 Å². The van der Waals surface area contributed by atoms with Crippen molar-refractivity contribution in [2.24, 2.45) is 5.41 Å². The largest absolute Gasteiger partial charge is 0.464 e. The number of carbonyl (C=O) groups is 3. The molecule has 5 nitrogen and oxygen atoms in total. The molecule has 0 unspecified atom stereocenters. The van der Waals surface area contributed by atoms with Crippen LogP contribution in [0.3, 0.4) is 0 Å². The third-order valence-corrected chi connectivity index (χ3v) is 12.4. The van der Waals surface area contributed by atoms with Gasteiger partial charge in [-0.15, -0.1) is 0 Å². The first-order chi connectivity index (χ1) is 35.6. The Kier molecular flexibility index (Phi) is 24.9. The molecule has 0 atom stereocenters. The van der Waals surface area contributed by atoms with Gasteiger partial charge in [-0.1, -0.05) is 64.2 Å². The Bertz CT molecular complexity index is 1920. The molecule has 81 heavy (non-hydrogen) atoms. The van der Waals surface area contributed by atoms with E-state index in [1.165, 1.54) is 0 Å². The van der Waals surface area contributed by atoms with Crippen LogP contribution in [-0.2, 0) is 23.9 Å². The molecule has 0 aliphatic rings. The number of halogens is 35. The normalized spacial score (nSPS) is 15.3. The van der Waals surface area contributed by atoms with Crippen molar-refractivity contribution in [1.82, 2.24) is 0 Å².